The quantitative estimate of drug-likeness (QED) is 0.854. The lowest BCUT2D eigenvalue weighted by Gasteiger charge is -2.07. The van der Waals surface area contributed by atoms with Gasteiger partial charge < -0.3 is 10.4 Å². The molecule has 0 spiro atoms. The van der Waals surface area contributed by atoms with E-state index < -0.39 is 12.0 Å². The minimum Gasteiger partial charge on any atom is -0.480 e. The SMILES string of the molecule is C[C@@H](NC(=O)Cc1csc(Cc2ccccc2)n1)C(=O)O. The maximum atomic E-state index is 11.7. The summed E-state index contributed by atoms with van der Waals surface area (Å²) in [5.41, 5.74) is 1.84. The first-order chi connectivity index (χ1) is 10.0. The number of nitrogens with zero attached hydrogens (tertiary/aromatic N) is 1. The monoisotopic (exact) mass is 304 g/mol. The summed E-state index contributed by atoms with van der Waals surface area (Å²) in [4.78, 5) is 26.8. The van der Waals surface area contributed by atoms with E-state index in [-0.39, 0.29) is 12.3 Å². The minimum atomic E-state index is -1.05. The van der Waals surface area contributed by atoms with Crippen LogP contribution in [-0.4, -0.2) is 28.0 Å². The van der Waals surface area contributed by atoms with Crippen LogP contribution in [0.1, 0.15) is 23.2 Å². The van der Waals surface area contributed by atoms with E-state index in [1.54, 1.807) is 0 Å². The third-order valence-corrected chi connectivity index (χ3v) is 3.78. The van der Waals surface area contributed by atoms with Crippen molar-refractivity contribution in [3.8, 4) is 0 Å². The van der Waals surface area contributed by atoms with Gasteiger partial charge in [-0.3, -0.25) is 9.59 Å². The summed E-state index contributed by atoms with van der Waals surface area (Å²) in [6.45, 7) is 1.43. The van der Waals surface area contributed by atoms with E-state index in [9.17, 15) is 9.59 Å². The van der Waals surface area contributed by atoms with Crippen molar-refractivity contribution in [2.24, 2.45) is 0 Å². The van der Waals surface area contributed by atoms with Crippen molar-refractivity contribution in [2.45, 2.75) is 25.8 Å². The molecule has 0 unspecified atom stereocenters. The number of carbonyl (C=O) groups excluding carboxylic acids is 1. The Morgan fingerprint density at radius 1 is 1.33 bits per heavy atom. The Bertz CT molecular complexity index is 625. The molecule has 2 rings (SSSR count). The first kappa shape index (κ1) is 15.2. The van der Waals surface area contributed by atoms with Crippen molar-refractivity contribution < 1.29 is 14.7 Å². The molecule has 1 aromatic carbocycles. The summed E-state index contributed by atoms with van der Waals surface area (Å²) in [7, 11) is 0. The number of carboxylic acids is 1. The van der Waals surface area contributed by atoms with Crippen LogP contribution in [-0.2, 0) is 22.4 Å². The highest BCUT2D eigenvalue weighted by Crippen LogP contribution is 2.15. The minimum absolute atomic E-state index is 0.100. The van der Waals surface area contributed by atoms with Crippen LogP contribution < -0.4 is 5.32 Å². The molecule has 6 heteroatoms. The largest absolute Gasteiger partial charge is 0.480 e. The number of aromatic nitrogens is 1. The molecule has 0 radical (unpaired) electrons. The molecular weight excluding hydrogens is 288 g/mol. The zero-order valence-electron chi connectivity index (χ0n) is 11.6. The number of benzene rings is 1. The van der Waals surface area contributed by atoms with Gasteiger partial charge in [-0.2, -0.15) is 0 Å². The van der Waals surface area contributed by atoms with E-state index in [1.165, 1.54) is 23.8 Å². The predicted octanol–water partition coefficient (Wildman–Crippen LogP) is 1.87. The number of rotatable bonds is 6. The topological polar surface area (TPSA) is 79.3 Å². The molecular formula is C15H16N2O3S. The highest BCUT2D eigenvalue weighted by atomic mass is 32.1. The second-order valence-electron chi connectivity index (χ2n) is 4.70. The number of thiazole rings is 1. The van der Waals surface area contributed by atoms with Gasteiger partial charge in [0.2, 0.25) is 5.91 Å². The van der Waals surface area contributed by atoms with Crippen molar-refractivity contribution in [1.82, 2.24) is 10.3 Å². The number of carboxylic acid groups (broad SMARTS) is 1. The number of amides is 1. The van der Waals surface area contributed by atoms with Gasteiger partial charge in [0.15, 0.2) is 0 Å². The lowest BCUT2D eigenvalue weighted by molar-refractivity contribution is -0.141. The highest BCUT2D eigenvalue weighted by Gasteiger charge is 2.15. The van der Waals surface area contributed by atoms with E-state index >= 15 is 0 Å². The first-order valence-corrected chi connectivity index (χ1v) is 7.42. The maximum Gasteiger partial charge on any atom is 0.325 e. The molecule has 1 aromatic heterocycles. The molecule has 21 heavy (non-hydrogen) atoms. The zero-order chi connectivity index (χ0) is 15.2. The van der Waals surface area contributed by atoms with Gasteiger partial charge >= 0.3 is 5.97 Å². The fraction of sp³-hybridized carbons (Fsp3) is 0.267. The summed E-state index contributed by atoms with van der Waals surface area (Å²) in [5.74, 6) is -1.38. The third kappa shape index (κ3) is 4.68. The van der Waals surface area contributed by atoms with Crippen molar-refractivity contribution >= 4 is 23.2 Å². The molecule has 110 valence electrons. The molecule has 0 aliphatic heterocycles. The highest BCUT2D eigenvalue weighted by molar-refractivity contribution is 7.09. The van der Waals surface area contributed by atoms with Crippen LogP contribution in [0.25, 0.3) is 0 Å². The fourth-order valence-electron chi connectivity index (χ4n) is 1.80. The van der Waals surface area contributed by atoms with Crippen LogP contribution >= 0.6 is 11.3 Å². The number of nitrogens with one attached hydrogen (secondary N) is 1. The molecule has 1 heterocycles. The van der Waals surface area contributed by atoms with Gasteiger partial charge in [0, 0.05) is 11.8 Å². The summed E-state index contributed by atoms with van der Waals surface area (Å²) >= 11 is 1.50. The molecule has 0 saturated heterocycles. The van der Waals surface area contributed by atoms with Crippen LogP contribution in [0.3, 0.4) is 0 Å². The molecule has 1 atom stereocenters. The average Bonchev–Trinajstić information content (AvgIpc) is 2.86. The lowest BCUT2D eigenvalue weighted by atomic mass is 10.2. The normalized spacial score (nSPS) is 11.9. The second-order valence-corrected chi connectivity index (χ2v) is 5.64. The number of hydrogen-bond donors (Lipinski definition) is 2. The molecule has 5 nitrogen and oxygen atoms in total. The van der Waals surface area contributed by atoms with Gasteiger partial charge in [0.1, 0.15) is 6.04 Å². The summed E-state index contributed by atoms with van der Waals surface area (Å²) < 4.78 is 0. The zero-order valence-corrected chi connectivity index (χ0v) is 12.4. The summed E-state index contributed by atoms with van der Waals surface area (Å²) in [6, 6.07) is 9.09. The number of aliphatic carboxylic acids is 1. The summed E-state index contributed by atoms with van der Waals surface area (Å²) in [5, 5.41) is 13.9. The Balaban J connectivity index is 1.91. The van der Waals surface area contributed by atoms with Crippen LogP contribution in [0.5, 0.6) is 0 Å². The van der Waals surface area contributed by atoms with Crippen LogP contribution in [0.4, 0.5) is 0 Å². The Kier molecular flexibility index (Phi) is 5.05. The second kappa shape index (κ2) is 6.99. The van der Waals surface area contributed by atoms with Gasteiger partial charge in [-0.05, 0) is 12.5 Å². The molecule has 0 aliphatic rings. The molecule has 1 amide bonds. The first-order valence-electron chi connectivity index (χ1n) is 6.54. The summed E-state index contributed by atoms with van der Waals surface area (Å²) in [6.07, 6.45) is 0.835. The van der Waals surface area contributed by atoms with Gasteiger partial charge in [0.05, 0.1) is 17.1 Å². The van der Waals surface area contributed by atoms with Crippen molar-refractivity contribution in [3.63, 3.8) is 0 Å². The Morgan fingerprint density at radius 3 is 2.71 bits per heavy atom. The van der Waals surface area contributed by atoms with Crippen molar-refractivity contribution in [3.05, 3.63) is 52.0 Å². The van der Waals surface area contributed by atoms with Gasteiger partial charge in [-0.1, -0.05) is 30.3 Å². The van der Waals surface area contributed by atoms with E-state index in [0.717, 1.165) is 11.4 Å². The van der Waals surface area contributed by atoms with Crippen LogP contribution in [0, 0.1) is 0 Å². The van der Waals surface area contributed by atoms with Gasteiger partial charge in [0.25, 0.3) is 0 Å². The predicted molar refractivity (Wildman–Crippen MR) is 80.3 cm³/mol. The Morgan fingerprint density at radius 2 is 2.05 bits per heavy atom. The molecule has 0 bridgehead atoms. The lowest BCUT2D eigenvalue weighted by Crippen LogP contribution is -2.39. The molecule has 0 saturated carbocycles. The Hall–Kier alpha value is -2.21. The van der Waals surface area contributed by atoms with Crippen molar-refractivity contribution in [2.75, 3.05) is 0 Å². The van der Waals surface area contributed by atoms with Gasteiger partial charge in [-0.15, -0.1) is 11.3 Å². The maximum absolute atomic E-state index is 11.7. The van der Waals surface area contributed by atoms with Crippen molar-refractivity contribution in [1.29, 1.82) is 0 Å². The Labute approximate surface area is 126 Å². The van der Waals surface area contributed by atoms with Crippen LogP contribution in [0.15, 0.2) is 35.7 Å². The molecule has 2 aromatic rings. The van der Waals surface area contributed by atoms with E-state index in [1.807, 2.05) is 35.7 Å². The molecule has 0 fully saturated rings. The molecule has 0 aliphatic carbocycles. The van der Waals surface area contributed by atoms with Crippen LogP contribution in [0.2, 0.25) is 0 Å². The fourth-order valence-corrected chi connectivity index (χ4v) is 2.63. The van der Waals surface area contributed by atoms with E-state index in [0.29, 0.717) is 5.69 Å². The number of hydrogen-bond acceptors (Lipinski definition) is 4. The third-order valence-electron chi connectivity index (χ3n) is 2.89. The number of carbonyl (C=O) groups is 2. The van der Waals surface area contributed by atoms with E-state index in [4.69, 9.17) is 5.11 Å². The van der Waals surface area contributed by atoms with Gasteiger partial charge in [-0.25, -0.2) is 4.98 Å². The smallest absolute Gasteiger partial charge is 0.325 e. The standard InChI is InChI=1S/C15H16N2O3S/c1-10(15(19)20)16-13(18)8-12-9-21-14(17-12)7-11-5-3-2-4-6-11/h2-6,9-10H,7-8H2,1H3,(H,16,18)(H,19,20)/t10-/m1/s1. The van der Waals surface area contributed by atoms with E-state index in [2.05, 4.69) is 10.3 Å². The molecule has 2 N–H and O–H groups in total. The average molecular weight is 304 g/mol.